The lowest BCUT2D eigenvalue weighted by Gasteiger charge is -1.94. The predicted molar refractivity (Wildman–Crippen MR) is 67.3 cm³/mol. The lowest BCUT2D eigenvalue weighted by Crippen LogP contribution is -1.85. The molecule has 3 nitrogen and oxygen atoms in total. The predicted octanol–water partition coefficient (Wildman–Crippen LogP) is 4.20. The van der Waals surface area contributed by atoms with Gasteiger partial charge in [-0.3, -0.25) is 0 Å². The molecule has 0 bridgehead atoms. The highest BCUT2D eigenvalue weighted by Crippen LogP contribution is 2.27. The number of halogens is 2. The Morgan fingerprint density at radius 3 is 2.76 bits per heavy atom. The zero-order valence-electron chi connectivity index (χ0n) is 8.52. The number of benzene rings is 1. The van der Waals surface area contributed by atoms with Crippen molar-refractivity contribution in [3.05, 3.63) is 46.7 Å². The molecule has 0 aliphatic carbocycles. The molecular formula is C12H6Cl2N2O. The van der Waals surface area contributed by atoms with Crippen LogP contribution < -0.4 is 0 Å². The zero-order chi connectivity index (χ0) is 11.8. The summed E-state index contributed by atoms with van der Waals surface area (Å²) in [5, 5.41) is 1.96. The van der Waals surface area contributed by atoms with Crippen LogP contribution in [0.25, 0.3) is 22.6 Å². The maximum Gasteiger partial charge on any atom is 0.197 e. The van der Waals surface area contributed by atoms with Crippen LogP contribution in [0.4, 0.5) is 0 Å². The summed E-state index contributed by atoms with van der Waals surface area (Å²) in [6.45, 7) is 0. The average Bonchev–Trinajstić information content (AvgIpc) is 2.72. The molecular weight excluding hydrogens is 259 g/mol. The van der Waals surface area contributed by atoms with Gasteiger partial charge in [0.25, 0.3) is 0 Å². The van der Waals surface area contributed by atoms with Crippen molar-refractivity contribution in [2.75, 3.05) is 0 Å². The fourth-order valence-corrected chi connectivity index (χ4v) is 1.87. The molecule has 84 valence electrons. The summed E-state index contributed by atoms with van der Waals surface area (Å²) < 4.78 is 5.62. The number of furan rings is 1. The van der Waals surface area contributed by atoms with E-state index in [0.29, 0.717) is 27.3 Å². The van der Waals surface area contributed by atoms with Gasteiger partial charge in [0.05, 0.1) is 0 Å². The molecule has 0 amide bonds. The third kappa shape index (κ3) is 1.99. The molecule has 2 aromatic heterocycles. The first-order valence-corrected chi connectivity index (χ1v) is 5.66. The highest BCUT2D eigenvalue weighted by Gasteiger charge is 2.09. The van der Waals surface area contributed by atoms with Crippen molar-refractivity contribution in [3.8, 4) is 11.6 Å². The zero-order valence-corrected chi connectivity index (χ0v) is 10.0. The van der Waals surface area contributed by atoms with Crippen LogP contribution in [0.3, 0.4) is 0 Å². The molecule has 0 radical (unpaired) electrons. The molecule has 0 saturated heterocycles. The summed E-state index contributed by atoms with van der Waals surface area (Å²) in [7, 11) is 0. The molecule has 0 saturated carbocycles. The summed E-state index contributed by atoms with van der Waals surface area (Å²) in [5.74, 6) is 1.04. The summed E-state index contributed by atoms with van der Waals surface area (Å²) in [4.78, 5) is 8.19. The second-order valence-corrected chi connectivity index (χ2v) is 4.32. The molecule has 3 rings (SSSR count). The Balaban J connectivity index is 2.18. The fraction of sp³-hybridized carbons (Fsp3) is 0. The van der Waals surface area contributed by atoms with Crippen LogP contribution in [0.5, 0.6) is 0 Å². The Labute approximate surface area is 107 Å². The number of aromatic nitrogens is 2. The van der Waals surface area contributed by atoms with Gasteiger partial charge in [-0.15, -0.1) is 0 Å². The quantitative estimate of drug-likeness (QED) is 0.619. The molecule has 1 aromatic carbocycles. The highest BCUT2D eigenvalue weighted by molar-refractivity contribution is 6.31. The van der Waals surface area contributed by atoms with Gasteiger partial charge in [0.2, 0.25) is 0 Å². The van der Waals surface area contributed by atoms with Gasteiger partial charge in [-0.2, -0.15) is 0 Å². The third-order valence-corrected chi connectivity index (χ3v) is 2.77. The Bertz CT molecular complexity index is 694. The maximum atomic E-state index is 5.89. The molecule has 0 aliphatic rings. The molecule has 0 spiro atoms. The maximum absolute atomic E-state index is 5.89. The van der Waals surface area contributed by atoms with Crippen molar-refractivity contribution in [3.63, 3.8) is 0 Å². The van der Waals surface area contributed by atoms with Gasteiger partial charge in [-0.05, 0) is 24.3 Å². The first kappa shape index (κ1) is 10.6. The molecule has 0 unspecified atom stereocenters. The van der Waals surface area contributed by atoms with Crippen LogP contribution in [0.2, 0.25) is 10.2 Å². The van der Waals surface area contributed by atoms with E-state index in [0.717, 1.165) is 5.39 Å². The second-order valence-electron chi connectivity index (χ2n) is 3.50. The van der Waals surface area contributed by atoms with Gasteiger partial charge in [-0.1, -0.05) is 23.2 Å². The van der Waals surface area contributed by atoms with Crippen LogP contribution in [0.1, 0.15) is 0 Å². The van der Waals surface area contributed by atoms with Gasteiger partial charge >= 0.3 is 0 Å². The number of hydrogen-bond donors (Lipinski definition) is 0. The van der Waals surface area contributed by atoms with Crippen molar-refractivity contribution in [2.45, 2.75) is 0 Å². The minimum Gasteiger partial charge on any atom is -0.453 e. The van der Waals surface area contributed by atoms with Crippen LogP contribution in [0, 0.1) is 0 Å². The van der Waals surface area contributed by atoms with Crippen molar-refractivity contribution in [1.29, 1.82) is 0 Å². The van der Waals surface area contributed by atoms with E-state index in [-0.39, 0.29) is 0 Å². The number of hydrogen-bond acceptors (Lipinski definition) is 3. The standard InChI is InChI=1S/C12H6Cl2N2O/c13-8-2-1-7-5-10(17-9(7)6-8)12-15-4-3-11(14)16-12/h1-6H. The number of nitrogens with zero attached hydrogens (tertiary/aromatic N) is 2. The number of fused-ring (bicyclic) bond motifs is 1. The lowest BCUT2D eigenvalue weighted by molar-refractivity contribution is 0.625. The Morgan fingerprint density at radius 1 is 1.06 bits per heavy atom. The van der Waals surface area contributed by atoms with Crippen LogP contribution in [0.15, 0.2) is 40.9 Å². The van der Waals surface area contributed by atoms with E-state index >= 15 is 0 Å². The van der Waals surface area contributed by atoms with E-state index in [2.05, 4.69) is 9.97 Å². The molecule has 17 heavy (non-hydrogen) atoms. The summed E-state index contributed by atoms with van der Waals surface area (Å²) in [6, 6.07) is 8.92. The SMILES string of the molecule is Clc1ccc2cc(-c3nccc(Cl)n3)oc2c1. The second kappa shape index (κ2) is 4.02. The first-order valence-electron chi connectivity index (χ1n) is 4.90. The van der Waals surface area contributed by atoms with E-state index in [4.69, 9.17) is 27.6 Å². The Morgan fingerprint density at radius 2 is 1.94 bits per heavy atom. The van der Waals surface area contributed by atoms with Crippen molar-refractivity contribution < 1.29 is 4.42 Å². The summed E-state index contributed by atoms with van der Waals surface area (Å²) >= 11 is 11.7. The van der Waals surface area contributed by atoms with Gasteiger partial charge in [0, 0.05) is 22.7 Å². The van der Waals surface area contributed by atoms with Crippen molar-refractivity contribution in [1.82, 2.24) is 9.97 Å². The largest absolute Gasteiger partial charge is 0.453 e. The molecule has 0 atom stereocenters. The van der Waals surface area contributed by atoms with E-state index in [1.165, 1.54) is 0 Å². The Hall–Kier alpha value is -1.58. The average molecular weight is 265 g/mol. The van der Waals surface area contributed by atoms with Crippen LogP contribution >= 0.6 is 23.2 Å². The van der Waals surface area contributed by atoms with E-state index in [9.17, 15) is 0 Å². The molecule has 2 heterocycles. The molecule has 3 aromatic rings. The van der Waals surface area contributed by atoms with E-state index in [1.807, 2.05) is 18.2 Å². The van der Waals surface area contributed by atoms with Gasteiger partial charge in [0.15, 0.2) is 11.6 Å². The minimum absolute atomic E-state index is 0.383. The molecule has 0 aliphatic heterocycles. The van der Waals surface area contributed by atoms with Crippen LogP contribution in [-0.2, 0) is 0 Å². The molecule has 0 fully saturated rings. The summed E-state index contributed by atoms with van der Waals surface area (Å²) in [6.07, 6.45) is 1.59. The lowest BCUT2D eigenvalue weighted by atomic mass is 10.2. The highest BCUT2D eigenvalue weighted by atomic mass is 35.5. The van der Waals surface area contributed by atoms with Gasteiger partial charge in [0.1, 0.15) is 10.7 Å². The first-order chi connectivity index (χ1) is 8.22. The van der Waals surface area contributed by atoms with Crippen LogP contribution in [-0.4, -0.2) is 9.97 Å². The van der Waals surface area contributed by atoms with Gasteiger partial charge in [-0.25, -0.2) is 9.97 Å². The molecule has 0 N–H and O–H groups in total. The van der Waals surface area contributed by atoms with E-state index < -0.39 is 0 Å². The van der Waals surface area contributed by atoms with Crippen molar-refractivity contribution in [2.24, 2.45) is 0 Å². The Kier molecular flexibility index (Phi) is 2.50. The molecule has 5 heteroatoms. The normalized spacial score (nSPS) is 10.9. The smallest absolute Gasteiger partial charge is 0.197 e. The van der Waals surface area contributed by atoms with E-state index in [1.54, 1.807) is 18.3 Å². The third-order valence-electron chi connectivity index (χ3n) is 2.32. The summed E-state index contributed by atoms with van der Waals surface area (Å²) in [5.41, 5.74) is 0.705. The topological polar surface area (TPSA) is 38.9 Å². The monoisotopic (exact) mass is 264 g/mol. The van der Waals surface area contributed by atoms with Crippen molar-refractivity contribution >= 4 is 34.2 Å². The fourth-order valence-electron chi connectivity index (χ4n) is 1.57. The van der Waals surface area contributed by atoms with Gasteiger partial charge < -0.3 is 4.42 Å². The number of rotatable bonds is 1. The minimum atomic E-state index is 0.383.